The highest BCUT2D eigenvalue weighted by atomic mass is 16.2. The Balaban J connectivity index is 1.73. The Kier molecular flexibility index (Phi) is 7.01. The maximum absolute atomic E-state index is 12.3. The van der Waals surface area contributed by atoms with Crippen molar-refractivity contribution in [3.63, 3.8) is 0 Å². The number of rotatable bonds is 5. The van der Waals surface area contributed by atoms with Crippen molar-refractivity contribution < 1.29 is 4.79 Å². The van der Waals surface area contributed by atoms with Gasteiger partial charge in [-0.2, -0.15) is 0 Å². The van der Waals surface area contributed by atoms with Gasteiger partial charge in [0, 0.05) is 12.1 Å². The lowest BCUT2D eigenvalue weighted by Gasteiger charge is -2.29. The first-order valence-corrected chi connectivity index (χ1v) is 9.23. The summed E-state index contributed by atoms with van der Waals surface area (Å²) in [5, 5.41) is 6.79. The van der Waals surface area contributed by atoms with Gasteiger partial charge in [-0.1, -0.05) is 44.9 Å². The van der Waals surface area contributed by atoms with Gasteiger partial charge < -0.3 is 10.6 Å². The topological polar surface area (TPSA) is 41.1 Å². The summed E-state index contributed by atoms with van der Waals surface area (Å²) < 4.78 is 0. The van der Waals surface area contributed by atoms with E-state index in [0.29, 0.717) is 12.1 Å². The highest BCUT2D eigenvalue weighted by Gasteiger charge is 2.24. The normalized spacial score (nSPS) is 25.0. The van der Waals surface area contributed by atoms with Crippen molar-refractivity contribution in [1.82, 2.24) is 10.6 Å². The zero-order valence-electron chi connectivity index (χ0n) is 14.0. The third-order valence-corrected chi connectivity index (χ3v) is 5.46. The lowest BCUT2D eigenvalue weighted by Crippen LogP contribution is -2.50. The molecule has 0 radical (unpaired) electrons. The molecule has 2 N–H and O–H groups in total. The van der Waals surface area contributed by atoms with E-state index in [4.69, 9.17) is 0 Å². The molecule has 0 aromatic rings. The van der Waals surface area contributed by atoms with Crippen LogP contribution in [0.4, 0.5) is 0 Å². The van der Waals surface area contributed by atoms with Gasteiger partial charge in [-0.15, -0.1) is 0 Å². The summed E-state index contributed by atoms with van der Waals surface area (Å²) >= 11 is 0. The molecule has 3 nitrogen and oxygen atoms in total. The van der Waals surface area contributed by atoms with Gasteiger partial charge in [-0.25, -0.2) is 0 Å². The Labute approximate surface area is 130 Å². The minimum atomic E-state index is -0.0646. The van der Waals surface area contributed by atoms with E-state index in [1.54, 1.807) is 0 Å². The van der Waals surface area contributed by atoms with E-state index in [0.717, 1.165) is 18.8 Å². The third kappa shape index (κ3) is 5.61. The average Bonchev–Trinajstić information content (AvgIpc) is 2.77. The van der Waals surface area contributed by atoms with Crippen LogP contribution in [0.1, 0.15) is 84.5 Å². The molecular formula is C18H34N2O. The molecular weight excluding hydrogens is 260 g/mol. The molecule has 122 valence electrons. The molecule has 2 rings (SSSR count). The Morgan fingerprint density at radius 2 is 1.38 bits per heavy atom. The molecule has 2 aliphatic rings. The van der Waals surface area contributed by atoms with Crippen LogP contribution in [0, 0.1) is 5.92 Å². The molecule has 2 aliphatic carbocycles. The third-order valence-electron chi connectivity index (χ3n) is 5.46. The SMILES string of the molecule is CC(N[C@@H](C)C1CCCCCC1)C(=O)NC1CCCCC1. The first-order chi connectivity index (χ1) is 10.2. The van der Waals surface area contributed by atoms with E-state index in [9.17, 15) is 4.79 Å². The molecule has 2 atom stereocenters. The van der Waals surface area contributed by atoms with Crippen LogP contribution in [0.15, 0.2) is 0 Å². The van der Waals surface area contributed by atoms with Crippen LogP contribution in [0.5, 0.6) is 0 Å². The Hall–Kier alpha value is -0.570. The number of amides is 1. The van der Waals surface area contributed by atoms with Crippen molar-refractivity contribution in [3.05, 3.63) is 0 Å². The van der Waals surface area contributed by atoms with Crippen molar-refractivity contribution in [3.8, 4) is 0 Å². The number of hydrogen-bond donors (Lipinski definition) is 2. The standard InChI is InChI=1S/C18H34N2O/c1-14(16-10-6-3-4-7-11-16)19-15(2)18(21)20-17-12-8-5-9-13-17/h14-17,19H,3-13H2,1-2H3,(H,20,21)/t14-,15?/m0/s1. The number of hydrogen-bond acceptors (Lipinski definition) is 2. The quantitative estimate of drug-likeness (QED) is 0.758. The first-order valence-electron chi connectivity index (χ1n) is 9.23. The van der Waals surface area contributed by atoms with Gasteiger partial charge in [0.05, 0.1) is 6.04 Å². The van der Waals surface area contributed by atoms with Crippen molar-refractivity contribution in [2.24, 2.45) is 5.92 Å². The largest absolute Gasteiger partial charge is 0.352 e. The zero-order valence-corrected chi connectivity index (χ0v) is 14.0. The predicted octanol–water partition coefficient (Wildman–Crippen LogP) is 3.77. The van der Waals surface area contributed by atoms with Gasteiger partial charge >= 0.3 is 0 Å². The number of carbonyl (C=O) groups excluding carboxylic acids is 1. The van der Waals surface area contributed by atoms with E-state index >= 15 is 0 Å². The number of nitrogens with one attached hydrogen (secondary N) is 2. The summed E-state index contributed by atoms with van der Waals surface area (Å²) in [4.78, 5) is 12.3. The molecule has 2 saturated carbocycles. The molecule has 0 aliphatic heterocycles. The summed E-state index contributed by atoms with van der Waals surface area (Å²) in [7, 11) is 0. The minimum absolute atomic E-state index is 0.0646. The molecule has 1 amide bonds. The molecule has 0 bridgehead atoms. The monoisotopic (exact) mass is 294 g/mol. The van der Waals surface area contributed by atoms with E-state index in [-0.39, 0.29) is 11.9 Å². The smallest absolute Gasteiger partial charge is 0.237 e. The fourth-order valence-electron chi connectivity index (χ4n) is 3.99. The van der Waals surface area contributed by atoms with Crippen LogP contribution in [0.3, 0.4) is 0 Å². The predicted molar refractivity (Wildman–Crippen MR) is 88.3 cm³/mol. The Morgan fingerprint density at radius 1 is 0.857 bits per heavy atom. The second-order valence-corrected chi connectivity index (χ2v) is 7.27. The van der Waals surface area contributed by atoms with Crippen LogP contribution in [-0.4, -0.2) is 24.0 Å². The first kappa shape index (κ1) is 16.8. The lowest BCUT2D eigenvalue weighted by atomic mass is 9.92. The molecule has 0 aromatic heterocycles. The van der Waals surface area contributed by atoms with Gasteiger partial charge in [-0.05, 0) is 45.4 Å². The van der Waals surface area contributed by atoms with Gasteiger partial charge in [-0.3, -0.25) is 4.79 Å². The molecule has 21 heavy (non-hydrogen) atoms. The van der Waals surface area contributed by atoms with Crippen molar-refractivity contribution in [2.45, 2.75) is 103 Å². The molecule has 0 aromatic carbocycles. The fraction of sp³-hybridized carbons (Fsp3) is 0.944. The molecule has 1 unspecified atom stereocenters. The molecule has 0 heterocycles. The summed E-state index contributed by atoms with van der Waals surface area (Å²) in [6.45, 7) is 4.28. The molecule has 3 heteroatoms. The summed E-state index contributed by atoms with van der Waals surface area (Å²) in [6, 6.07) is 0.809. The maximum Gasteiger partial charge on any atom is 0.237 e. The second-order valence-electron chi connectivity index (χ2n) is 7.27. The summed E-state index contributed by atoms with van der Waals surface area (Å²) in [6.07, 6.45) is 14.3. The van der Waals surface area contributed by atoms with Gasteiger partial charge in [0.1, 0.15) is 0 Å². The van der Waals surface area contributed by atoms with E-state index < -0.39 is 0 Å². The van der Waals surface area contributed by atoms with Crippen LogP contribution in [-0.2, 0) is 4.79 Å². The lowest BCUT2D eigenvalue weighted by molar-refractivity contribution is -0.124. The van der Waals surface area contributed by atoms with Crippen LogP contribution < -0.4 is 10.6 Å². The zero-order chi connectivity index (χ0) is 15.1. The van der Waals surface area contributed by atoms with E-state index in [1.807, 2.05) is 6.92 Å². The summed E-state index contributed by atoms with van der Waals surface area (Å²) in [5.74, 6) is 0.944. The van der Waals surface area contributed by atoms with Crippen LogP contribution in [0.2, 0.25) is 0 Å². The fourth-order valence-corrected chi connectivity index (χ4v) is 3.99. The molecule has 0 saturated heterocycles. The highest BCUT2D eigenvalue weighted by molar-refractivity contribution is 5.81. The van der Waals surface area contributed by atoms with Gasteiger partial charge in [0.15, 0.2) is 0 Å². The summed E-state index contributed by atoms with van der Waals surface area (Å²) in [5.41, 5.74) is 0. The van der Waals surface area contributed by atoms with Crippen LogP contribution in [0.25, 0.3) is 0 Å². The highest BCUT2D eigenvalue weighted by Crippen LogP contribution is 2.25. The maximum atomic E-state index is 12.3. The second kappa shape index (κ2) is 8.77. The molecule has 0 spiro atoms. The van der Waals surface area contributed by atoms with Crippen molar-refractivity contribution in [1.29, 1.82) is 0 Å². The van der Waals surface area contributed by atoms with E-state index in [1.165, 1.54) is 57.8 Å². The Morgan fingerprint density at radius 3 is 2.00 bits per heavy atom. The Bertz CT molecular complexity index is 304. The van der Waals surface area contributed by atoms with Gasteiger partial charge in [0.25, 0.3) is 0 Å². The average molecular weight is 294 g/mol. The van der Waals surface area contributed by atoms with Crippen molar-refractivity contribution in [2.75, 3.05) is 0 Å². The number of carbonyl (C=O) groups is 1. The van der Waals surface area contributed by atoms with Gasteiger partial charge in [0.2, 0.25) is 5.91 Å². The molecule has 2 fully saturated rings. The van der Waals surface area contributed by atoms with Crippen molar-refractivity contribution >= 4 is 5.91 Å². The van der Waals surface area contributed by atoms with E-state index in [2.05, 4.69) is 17.6 Å². The van der Waals surface area contributed by atoms with Crippen LogP contribution >= 0.6 is 0 Å². The minimum Gasteiger partial charge on any atom is -0.352 e.